The second-order valence-electron chi connectivity index (χ2n) is 1.42. The van der Waals surface area contributed by atoms with Crippen molar-refractivity contribution in [2.24, 2.45) is 5.84 Å². The molecule has 58 valence electrons. The molecule has 0 saturated carbocycles. The van der Waals surface area contributed by atoms with Crippen LogP contribution in [0.15, 0.2) is 0 Å². The molecule has 1 atom stereocenters. The molecule has 0 aliphatic rings. The molecule has 5 heteroatoms. The standard InChI is InChI=1S/C4H12IN2O2/c1-4(8-3)7(6)9-5-2/h4H,6H2,1-3H3/q-1. The molecule has 0 aromatic carbocycles. The van der Waals surface area contributed by atoms with Crippen LogP contribution in [-0.2, 0) is 7.90 Å². The van der Waals surface area contributed by atoms with Gasteiger partial charge in [0, 0.05) is 0 Å². The van der Waals surface area contributed by atoms with E-state index in [0.29, 0.717) is 0 Å². The zero-order valence-electron chi connectivity index (χ0n) is 5.80. The summed E-state index contributed by atoms with van der Waals surface area (Å²) in [6.45, 7) is 1.82. The van der Waals surface area contributed by atoms with E-state index in [4.69, 9.17) is 13.7 Å². The number of rotatable bonds is 4. The fourth-order valence-corrected chi connectivity index (χ4v) is 1.01. The van der Waals surface area contributed by atoms with Crippen LogP contribution in [0.1, 0.15) is 6.92 Å². The Kier molecular flexibility index (Phi) is 5.70. The summed E-state index contributed by atoms with van der Waals surface area (Å²) in [6, 6.07) is 0. The third-order valence-corrected chi connectivity index (χ3v) is 1.70. The number of alkyl halides is 1. The SMILES string of the molecule is COC(C)N(N)O[I-]C. The van der Waals surface area contributed by atoms with Gasteiger partial charge >= 0.3 is 65.7 Å². The summed E-state index contributed by atoms with van der Waals surface area (Å²) >= 11 is -0.252. The fraction of sp³-hybridized carbons (Fsp3) is 1.00. The van der Waals surface area contributed by atoms with Crippen LogP contribution in [0.25, 0.3) is 0 Å². The molecule has 0 bridgehead atoms. The van der Waals surface area contributed by atoms with Crippen molar-refractivity contribution >= 4 is 0 Å². The zero-order valence-corrected chi connectivity index (χ0v) is 7.95. The molecular formula is C4H12IN2O2-. The number of ether oxygens (including phenoxy) is 1. The number of hydrogen-bond donors (Lipinski definition) is 1. The van der Waals surface area contributed by atoms with Gasteiger partial charge in [-0.1, -0.05) is 0 Å². The van der Waals surface area contributed by atoms with Crippen LogP contribution >= 0.6 is 0 Å². The number of nitrogens with two attached hydrogens (primary N) is 1. The number of halogens is 1. The molecule has 2 N–H and O–H groups in total. The maximum absolute atomic E-state index is 5.35. The van der Waals surface area contributed by atoms with E-state index < -0.39 is 0 Å². The summed E-state index contributed by atoms with van der Waals surface area (Å²) in [6.07, 6.45) is -0.162. The van der Waals surface area contributed by atoms with Crippen molar-refractivity contribution < 1.29 is 29.5 Å². The first kappa shape index (κ1) is 9.57. The second kappa shape index (κ2) is 5.36. The predicted octanol–water partition coefficient (Wildman–Crippen LogP) is -3.28. The first-order valence-electron chi connectivity index (χ1n) is 2.45. The van der Waals surface area contributed by atoms with E-state index in [-0.39, 0.29) is 27.8 Å². The van der Waals surface area contributed by atoms with Gasteiger partial charge in [0.1, 0.15) is 0 Å². The molecule has 0 aromatic rings. The Labute approximate surface area is 66.0 Å². The first-order chi connectivity index (χ1) is 4.22. The minimum absolute atomic E-state index is 0.162. The van der Waals surface area contributed by atoms with Gasteiger partial charge in [0.05, 0.1) is 0 Å². The molecule has 0 saturated heterocycles. The van der Waals surface area contributed by atoms with Crippen LogP contribution in [0.4, 0.5) is 0 Å². The van der Waals surface area contributed by atoms with E-state index in [2.05, 4.69) is 0 Å². The van der Waals surface area contributed by atoms with E-state index in [0.717, 1.165) is 0 Å². The van der Waals surface area contributed by atoms with Gasteiger partial charge in [0.25, 0.3) is 0 Å². The Bertz CT molecular complexity index is 73.6. The van der Waals surface area contributed by atoms with Crippen molar-refractivity contribution in [2.45, 2.75) is 13.2 Å². The third kappa shape index (κ3) is 4.04. The van der Waals surface area contributed by atoms with E-state index in [1.807, 2.05) is 11.9 Å². The van der Waals surface area contributed by atoms with Crippen LogP contribution in [0.3, 0.4) is 0 Å². The van der Waals surface area contributed by atoms with Crippen molar-refractivity contribution in [3.05, 3.63) is 0 Å². The van der Waals surface area contributed by atoms with Crippen molar-refractivity contribution in [3.8, 4) is 0 Å². The molecule has 0 aromatic heterocycles. The molecule has 0 spiro atoms. The number of hydrazine groups is 1. The molecule has 0 radical (unpaired) electrons. The van der Waals surface area contributed by atoms with Crippen LogP contribution in [0, 0.1) is 0 Å². The van der Waals surface area contributed by atoms with E-state index in [1.165, 1.54) is 5.17 Å². The number of methoxy groups -OCH3 is 1. The Hall–Kier alpha value is 0.570. The van der Waals surface area contributed by atoms with Gasteiger partial charge in [-0.2, -0.15) is 0 Å². The van der Waals surface area contributed by atoms with Crippen LogP contribution < -0.4 is 27.5 Å². The first-order valence-corrected chi connectivity index (χ1v) is 5.49. The molecule has 0 fully saturated rings. The number of hydrogen-bond acceptors (Lipinski definition) is 4. The van der Waals surface area contributed by atoms with Gasteiger partial charge < -0.3 is 0 Å². The quantitative estimate of drug-likeness (QED) is 0.186. The molecule has 4 nitrogen and oxygen atoms in total. The van der Waals surface area contributed by atoms with Crippen LogP contribution in [0.5, 0.6) is 0 Å². The van der Waals surface area contributed by atoms with Crippen molar-refractivity contribution in [1.82, 2.24) is 5.17 Å². The Morgan fingerprint density at radius 3 is 2.56 bits per heavy atom. The molecule has 0 heterocycles. The summed E-state index contributed by atoms with van der Waals surface area (Å²) in [7, 11) is 1.59. The van der Waals surface area contributed by atoms with E-state index in [9.17, 15) is 0 Å². The van der Waals surface area contributed by atoms with Crippen molar-refractivity contribution in [3.63, 3.8) is 0 Å². The summed E-state index contributed by atoms with van der Waals surface area (Å²) in [5, 5.41) is 1.23. The number of hydroxylamine groups is 1. The average Bonchev–Trinajstić information content (AvgIpc) is 1.87. The molecule has 0 aliphatic heterocycles. The van der Waals surface area contributed by atoms with Gasteiger partial charge in [-0.15, -0.1) is 0 Å². The second-order valence-corrected chi connectivity index (χ2v) is 2.69. The Balaban J connectivity index is 3.32. The van der Waals surface area contributed by atoms with E-state index >= 15 is 0 Å². The van der Waals surface area contributed by atoms with Crippen LogP contribution in [-0.4, -0.2) is 23.4 Å². The molecule has 9 heavy (non-hydrogen) atoms. The zero-order chi connectivity index (χ0) is 7.28. The summed E-state index contributed by atoms with van der Waals surface area (Å²) in [5.74, 6) is 5.35. The van der Waals surface area contributed by atoms with Crippen molar-refractivity contribution in [1.29, 1.82) is 0 Å². The van der Waals surface area contributed by atoms with Crippen LogP contribution in [0.2, 0.25) is 0 Å². The molecule has 0 rings (SSSR count). The minimum atomic E-state index is -0.252. The molecule has 1 unspecified atom stereocenters. The van der Waals surface area contributed by atoms with Gasteiger partial charge in [-0.05, 0) is 0 Å². The van der Waals surface area contributed by atoms with Crippen molar-refractivity contribution in [2.75, 3.05) is 12.0 Å². The Morgan fingerprint density at radius 2 is 2.22 bits per heavy atom. The molecule has 0 aliphatic carbocycles. The van der Waals surface area contributed by atoms with Gasteiger partial charge in [-0.25, -0.2) is 0 Å². The third-order valence-electron chi connectivity index (χ3n) is 0.848. The average molecular weight is 247 g/mol. The van der Waals surface area contributed by atoms with Gasteiger partial charge in [0.15, 0.2) is 0 Å². The molecular weight excluding hydrogens is 235 g/mol. The Morgan fingerprint density at radius 1 is 1.67 bits per heavy atom. The number of nitrogens with zero attached hydrogens (tertiary/aromatic N) is 1. The molecule has 0 amide bonds. The topological polar surface area (TPSA) is 47.7 Å². The van der Waals surface area contributed by atoms with Gasteiger partial charge in [0.2, 0.25) is 0 Å². The fourth-order valence-electron chi connectivity index (χ4n) is 0.240. The summed E-state index contributed by atoms with van der Waals surface area (Å²) in [4.78, 5) is 1.97. The van der Waals surface area contributed by atoms with Gasteiger partial charge in [-0.3, -0.25) is 0 Å². The van der Waals surface area contributed by atoms with E-state index in [1.54, 1.807) is 7.11 Å². The maximum atomic E-state index is 5.35. The normalized spacial score (nSPS) is 14.8. The monoisotopic (exact) mass is 247 g/mol. The summed E-state index contributed by atoms with van der Waals surface area (Å²) < 4.78 is 9.85. The predicted molar refractivity (Wildman–Crippen MR) is 29.5 cm³/mol. The summed E-state index contributed by atoms with van der Waals surface area (Å²) in [5.41, 5.74) is 0.